The molecule has 110 valence electrons. The molecule has 7 heteroatoms. The number of amides is 2. The van der Waals surface area contributed by atoms with Crippen molar-refractivity contribution in [2.24, 2.45) is 0 Å². The summed E-state index contributed by atoms with van der Waals surface area (Å²) in [5.41, 5.74) is 0. The van der Waals surface area contributed by atoms with Crippen LogP contribution in [0.15, 0.2) is 0 Å². The molecule has 1 saturated heterocycles. The molecule has 19 heavy (non-hydrogen) atoms. The lowest BCUT2D eigenvalue weighted by molar-refractivity contribution is -0.135. The van der Waals surface area contributed by atoms with Crippen LogP contribution in [0, 0.1) is 0 Å². The van der Waals surface area contributed by atoms with Crippen molar-refractivity contribution >= 4 is 36.0 Å². The predicted molar refractivity (Wildman–Crippen MR) is 79.8 cm³/mol. The van der Waals surface area contributed by atoms with Crippen LogP contribution in [0.2, 0.25) is 0 Å². The maximum atomic E-state index is 11.9. The van der Waals surface area contributed by atoms with Crippen LogP contribution in [-0.4, -0.2) is 60.4 Å². The molecule has 0 aromatic heterocycles. The van der Waals surface area contributed by atoms with Crippen LogP contribution in [0.3, 0.4) is 0 Å². The fourth-order valence-electron chi connectivity index (χ4n) is 1.92. The van der Waals surface area contributed by atoms with E-state index in [1.54, 1.807) is 7.05 Å². The first kappa shape index (κ1) is 16.6. The van der Waals surface area contributed by atoms with Gasteiger partial charge in [0.2, 0.25) is 11.8 Å². The van der Waals surface area contributed by atoms with E-state index in [9.17, 15) is 9.59 Å². The molecule has 2 amide bonds. The third kappa shape index (κ3) is 6.01. The zero-order valence-corrected chi connectivity index (χ0v) is 12.8. The van der Waals surface area contributed by atoms with Gasteiger partial charge in [0, 0.05) is 43.6 Å². The molecular formula is C12H22ClN3O2S. The summed E-state index contributed by atoms with van der Waals surface area (Å²) in [7, 11) is 1.70. The van der Waals surface area contributed by atoms with Crippen molar-refractivity contribution in [1.82, 2.24) is 15.5 Å². The monoisotopic (exact) mass is 307 g/mol. The van der Waals surface area contributed by atoms with Gasteiger partial charge in [-0.05, 0) is 12.8 Å². The minimum Gasteiger partial charge on any atom is -0.352 e. The Morgan fingerprint density at radius 2 is 2.16 bits per heavy atom. The summed E-state index contributed by atoms with van der Waals surface area (Å²) in [6.07, 6.45) is 2.64. The molecule has 0 aromatic rings. The summed E-state index contributed by atoms with van der Waals surface area (Å²) < 4.78 is 0. The Balaban J connectivity index is 0.00000180. The van der Waals surface area contributed by atoms with Crippen LogP contribution >= 0.6 is 24.2 Å². The van der Waals surface area contributed by atoms with Gasteiger partial charge in [-0.3, -0.25) is 9.59 Å². The second-order valence-electron chi connectivity index (χ2n) is 5.02. The lowest BCUT2D eigenvalue weighted by Crippen LogP contribution is -2.44. The van der Waals surface area contributed by atoms with Crippen LogP contribution in [0.4, 0.5) is 0 Å². The Kier molecular flexibility index (Phi) is 6.96. The molecule has 1 atom stereocenters. The average molecular weight is 308 g/mol. The van der Waals surface area contributed by atoms with Crippen LogP contribution in [0.1, 0.15) is 19.3 Å². The second kappa shape index (κ2) is 7.97. The van der Waals surface area contributed by atoms with Gasteiger partial charge in [-0.15, -0.1) is 12.4 Å². The number of halogens is 1. The molecule has 2 rings (SSSR count). The van der Waals surface area contributed by atoms with E-state index in [1.165, 1.54) is 4.90 Å². The smallest absolute Gasteiger partial charge is 0.239 e. The fourth-order valence-corrected chi connectivity index (χ4v) is 2.87. The molecule has 0 spiro atoms. The number of thioether (sulfide) groups is 1. The van der Waals surface area contributed by atoms with Gasteiger partial charge in [-0.2, -0.15) is 11.8 Å². The molecule has 0 radical (unpaired) electrons. The van der Waals surface area contributed by atoms with Crippen LogP contribution < -0.4 is 10.6 Å². The molecule has 1 saturated carbocycles. The first-order valence-corrected chi connectivity index (χ1v) is 7.65. The third-order valence-electron chi connectivity index (χ3n) is 3.17. The van der Waals surface area contributed by atoms with Gasteiger partial charge in [0.1, 0.15) is 0 Å². The van der Waals surface area contributed by atoms with E-state index in [-0.39, 0.29) is 36.8 Å². The van der Waals surface area contributed by atoms with Crippen molar-refractivity contribution in [2.75, 3.05) is 31.6 Å². The van der Waals surface area contributed by atoms with Gasteiger partial charge in [0.05, 0.1) is 6.54 Å². The summed E-state index contributed by atoms with van der Waals surface area (Å²) in [5, 5.41) is 6.22. The number of nitrogens with zero attached hydrogens (tertiary/aromatic N) is 1. The molecule has 1 unspecified atom stereocenters. The lowest BCUT2D eigenvalue weighted by Gasteiger charge is -2.25. The van der Waals surface area contributed by atoms with E-state index in [0.29, 0.717) is 12.5 Å². The van der Waals surface area contributed by atoms with E-state index in [2.05, 4.69) is 10.6 Å². The zero-order chi connectivity index (χ0) is 13.0. The normalized spacial score (nSPS) is 22.3. The number of hydrogen-bond donors (Lipinski definition) is 2. The highest BCUT2D eigenvalue weighted by molar-refractivity contribution is 7.99. The number of rotatable bonds is 5. The van der Waals surface area contributed by atoms with Gasteiger partial charge in [0.15, 0.2) is 0 Å². The van der Waals surface area contributed by atoms with Crippen molar-refractivity contribution in [3.05, 3.63) is 0 Å². The SMILES string of the molecule is CN(CC(=O)NC1CC1)C(=O)CC1CSCCN1.Cl. The molecule has 2 N–H and O–H groups in total. The van der Waals surface area contributed by atoms with Crippen molar-refractivity contribution in [3.63, 3.8) is 0 Å². The molecule has 2 fully saturated rings. The standard InChI is InChI=1S/C12H21N3O2S.ClH/c1-15(7-11(16)14-9-2-3-9)12(17)6-10-8-18-5-4-13-10;/h9-10,13H,2-8H2,1H3,(H,14,16);1H. The van der Waals surface area contributed by atoms with Gasteiger partial charge in [-0.25, -0.2) is 0 Å². The molecule has 0 aromatic carbocycles. The van der Waals surface area contributed by atoms with E-state index in [0.717, 1.165) is 30.9 Å². The maximum Gasteiger partial charge on any atom is 0.239 e. The minimum absolute atomic E-state index is 0. The summed E-state index contributed by atoms with van der Waals surface area (Å²) in [6, 6.07) is 0.614. The van der Waals surface area contributed by atoms with E-state index in [4.69, 9.17) is 0 Å². The fraction of sp³-hybridized carbons (Fsp3) is 0.833. The number of carbonyl (C=O) groups excluding carboxylic acids is 2. The summed E-state index contributed by atoms with van der Waals surface area (Å²) in [4.78, 5) is 25.0. The highest BCUT2D eigenvalue weighted by Crippen LogP contribution is 2.18. The molecular weight excluding hydrogens is 286 g/mol. The van der Waals surface area contributed by atoms with Gasteiger partial charge in [-0.1, -0.05) is 0 Å². The van der Waals surface area contributed by atoms with Crippen molar-refractivity contribution in [1.29, 1.82) is 0 Å². The lowest BCUT2D eigenvalue weighted by atomic mass is 10.2. The van der Waals surface area contributed by atoms with E-state index in [1.807, 2.05) is 11.8 Å². The Bertz CT molecular complexity index is 320. The molecule has 0 bridgehead atoms. The number of hydrogen-bond acceptors (Lipinski definition) is 4. The highest BCUT2D eigenvalue weighted by atomic mass is 35.5. The van der Waals surface area contributed by atoms with Crippen molar-refractivity contribution < 1.29 is 9.59 Å². The summed E-state index contributed by atoms with van der Waals surface area (Å²) >= 11 is 1.87. The first-order valence-electron chi connectivity index (χ1n) is 6.49. The number of likely N-dealkylation sites (N-methyl/N-ethyl adjacent to an activating group) is 1. The topological polar surface area (TPSA) is 61.4 Å². The van der Waals surface area contributed by atoms with Gasteiger partial charge >= 0.3 is 0 Å². The molecule has 1 aliphatic carbocycles. The number of nitrogens with one attached hydrogen (secondary N) is 2. The van der Waals surface area contributed by atoms with Crippen molar-refractivity contribution in [2.45, 2.75) is 31.3 Å². The van der Waals surface area contributed by atoms with Crippen LogP contribution in [0.5, 0.6) is 0 Å². The number of carbonyl (C=O) groups is 2. The first-order chi connectivity index (χ1) is 8.65. The summed E-state index contributed by atoms with van der Waals surface area (Å²) in [5.74, 6) is 2.10. The van der Waals surface area contributed by atoms with Crippen LogP contribution in [0.25, 0.3) is 0 Å². The Labute approximate surface area is 124 Å². The summed E-state index contributed by atoms with van der Waals surface area (Å²) in [6.45, 7) is 1.14. The van der Waals surface area contributed by atoms with Gasteiger partial charge in [0.25, 0.3) is 0 Å². The molecule has 2 aliphatic rings. The van der Waals surface area contributed by atoms with Crippen molar-refractivity contribution in [3.8, 4) is 0 Å². The molecule has 5 nitrogen and oxygen atoms in total. The molecule has 1 heterocycles. The predicted octanol–water partition coefficient (Wildman–Crippen LogP) is 0.240. The maximum absolute atomic E-state index is 11.9. The highest BCUT2D eigenvalue weighted by Gasteiger charge is 2.25. The minimum atomic E-state index is -0.0423. The van der Waals surface area contributed by atoms with E-state index >= 15 is 0 Å². The average Bonchev–Trinajstić information content (AvgIpc) is 3.14. The largest absolute Gasteiger partial charge is 0.352 e. The Hall–Kier alpha value is -0.460. The Morgan fingerprint density at radius 1 is 1.42 bits per heavy atom. The Morgan fingerprint density at radius 3 is 2.74 bits per heavy atom. The second-order valence-corrected chi connectivity index (χ2v) is 6.17. The third-order valence-corrected chi connectivity index (χ3v) is 4.30. The molecule has 1 aliphatic heterocycles. The quantitative estimate of drug-likeness (QED) is 0.764. The van der Waals surface area contributed by atoms with Gasteiger partial charge < -0.3 is 15.5 Å². The van der Waals surface area contributed by atoms with E-state index < -0.39 is 0 Å². The zero-order valence-electron chi connectivity index (χ0n) is 11.2. The van der Waals surface area contributed by atoms with Crippen LogP contribution in [-0.2, 0) is 9.59 Å².